The SMILES string of the molecule is CC1CCCC(C=O)(CN2CCCC(C)(C)C2)C1. The molecule has 2 aliphatic rings. The van der Waals surface area contributed by atoms with Crippen LogP contribution in [0.5, 0.6) is 0 Å². The van der Waals surface area contributed by atoms with Gasteiger partial charge in [-0.1, -0.05) is 33.6 Å². The summed E-state index contributed by atoms with van der Waals surface area (Å²) in [7, 11) is 0. The van der Waals surface area contributed by atoms with Gasteiger partial charge in [0.2, 0.25) is 0 Å². The maximum absolute atomic E-state index is 11.6. The third kappa shape index (κ3) is 3.34. The first-order valence-corrected chi connectivity index (χ1v) is 7.63. The van der Waals surface area contributed by atoms with Gasteiger partial charge in [0.25, 0.3) is 0 Å². The van der Waals surface area contributed by atoms with Gasteiger partial charge in [-0.15, -0.1) is 0 Å². The maximum atomic E-state index is 11.6. The highest BCUT2D eigenvalue weighted by Gasteiger charge is 2.38. The normalized spacial score (nSPS) is 37.4. The molecular formula is C16H29NO. The zero-order chi connectivity index (χ0) is 13.2. The fourth-order valence-corrected chi connectivity index (χ4v) is 4.11. The van der Waals surface area contributed by atoms with Crippen molar-refractivity contribution < 1.29 is 4.79 Å². The molecule has 0 aromatic carbocycles. The van der Waals surface area contributed by atoms with E-state index in [1.165, 1.54) is 38.5 Å². The second-order valence-electron chi connectivity index (χ2n) is 7.66. The lowest BCUT2D eigenvalue weighted by Gasteiger charge is -2.44. The highest BCUT2D eigenvalue weighted by atomic mass is 16.1. The smallest absolute Gasteiger partial charge is 0.127 e. The van der Waals surface area contributed by atoms with Crippen LogP contribution in [0.25, 0.3) is 0 Å². The Bertz CT molecular complexity index is 299. The largest absolute Gasteiger partial charge is 0.303 e. The standard InChI is InChI=1S/C16H29NO/c1-14-6-4-8-16(10-14,13-18)12-17-9-5-7-15(2,3)11-17/h13-14H,4-12H2,1-3H3. The fraction of sp³-hybridized carbons (Fsp3) is 0.938. The number of nitrogens with zero attached hydrogens (tertiary/aromatic N) is 1. The lowest BCUT2D eigenvalue weighted by molar-refractivity contribution is -0.120. The van der Waals surface area contributed by atoms with E-state index in [1.54, 1.807) is 0 Å². The number of rotatable bonds is 3. The van der Waals surface area contributed by atoms with Crippen molar-refractivity contribution in [3.8, 4) is 0 Å². The van der Waals surface area contributed by atoms with E-state index in [0.29, 0.717) is 5.41 Å². The minimum atomic E-state index is -0.0366. The molecule has 18 heavy (non-hydrogen) atoms. The molecule has 0 bridgehead atoms. The molecule has 104 valence electrons. The first-order chi connectivity index (χ1) is 8.45. The molecule has 0 spiro atoms. The molecular weight excluding hydrogens is 222 g/mol. The van der Waals surface area contributed by atoms with Gasteiger partial charge in [-0.3, -0.25) is 0 Å². The molecule has 0 radical (unpaired) electrons. The first kappa shape index (κ1) is 14.0. The summed E-state index contributed by atoms with van der Waals surface area (Å²) in [4.78, 5) is 14.2. The second kappa shape index (κ2) is 5.32. The summed E-state index contributed by atoms with van der Waals surface area (Å²) in [5.41, 5.74) is 0.397. The van der Waals surface area contributed by atoms with Crippen molar-refractivity contribution in [1.82, 2.24) is 4.90 Å². The molecule has 0 N–H and O–H groups in total. The summed E-state index contributed by atoms with van der Waals surface area (Å²) in [6.07, 6.45) is 8.65. The Morgan fingerprint density at radius 1 is 1.28 bits per heavy atom. The molecule has 1 heterocycles. The molecule has 2 heteroatoms. The summed E-state index contributed by atoms with van der Waals surface area (Å²) in [6, 6.07) is 0. The van der Waals surface area contributed by atoms with E-state index in [0.717, 1.165) is 31.8 Å². The summed E-state index contributed by atoms with van der Waals surface area (Å²) in [6.45, 7) is 10.4. The summed E-state index contributed by atoms with van der Waals surface area (Å²) >= 11 is 0. The molecule has 2 atom stereocenters. The monoisotopic (exact) mass is 251 g/mol. The first-order valence-electron chi connectivity index (χ1n) is 7.63. The van der Waals surface area contributed by atoms with Gasteiger partial charge >= 0.3 is 0 Å². The predicted molar refractivity (Wildman–Crippen MR) is 75.6 cm³/mol. The number of likely N-dealkylation sites (tertiary alicyclic amines) is 1. The van der Waals surface area contributed by atoms with Gasteiger partial charge in [0, 0.05) is 18.5 Å². The van der Waals surface area contributed by atoms with Crippen molar-refractivity contribution in [3.05, 3.63) is 0 Å². The van der Waals surface area contributed by atoms with Gasteiger partial charge in [0.1, 0.15) is 6.29 Å². The van der Waals surface area contributed by atoms with Crippen LogP contribution >= 0.6 is 0 Å². The van der Waals surface area contributed by atoms with Crippen LogP contribution in [0.3, 0.4) is 0 Å². The van der Waals surface area contributed by atoms with Gasteiger partial charge in [-0.2, -0.15) is 0 Å². The zero-order valence-electron chi connectivity index (χ0n) is 12.4. The van der Waals surface area contributed by atoms with Gasteiger partial charge in [-0.25, -0.2) is 0 Å². The van der Waals surface area contributed by atoms with Crippen molar-refractivity contribution in [2.45, 2.75) is 59.3 Å². The number of carbonyl (C=O) groups is 1. The van der Waals surface area contributed by atoms with Crippen LogP contribution in [-0.4, -0.2) is 30.8 Å². The van der Waals surface area contributed by atoms with Crippen molar-refractivity contribution in [1.29, 1.82) is 0 Å². The molecule has 1 aliphatic carbocycles. The number of piperidine rings is 1. The quantitative estimate of drug-likeness (QED) is 0.716. The number of hydrogen-bond donors (Lipinski definition) is 0. The summed E-state index contributed by atoms with van der Waals surface area (Å²) in [5, 5.41) is 0. The Balaban J connectivity index is 1.99. The Labute approximate surface area is 112 Å². The van der Waals surface area contributed by atoms with Crippen LogP contribution in [0.1, 0.15) is 59.3 Å². The highest BCUT2D eigenvalue weighted by Crippen LogP contribution is 2.40. The van der Waals surface area contributed by atoms with Crippen LogP contribution in [0.15, 0.2) is 0 Å². The summed E-state index contributed by atoms with van der Waals surface area (Å²) in [5.74, 6) is 0.724. The average Bonchev–Trinajstić information content (AvgIpc) is 2.27. The number of carbonyl (C=O) groups excluding carboxylic acids is 1. The van der Waals surface area contributed by atoms with Gasteiger partial charge in [-0.05, 0) is 43.6 Å². The number of hydrogen-bond acceptors (Lipinski definition) is 2. The van der Waals surface area contributed by atoms with E-state index < -0.39 is 0 Å². The Kier molecular flexibility index (Phi) is 4.15. The second-order valence-corrected chi connectivity index (χ2v) is 7.66. The van der Waals surface area contributed by atoms with Gasteiger partial charge in [0.15, 0.2) is 0 Å². The molecule has 2 unspecified atom stereocenters. The molecule has 0 aromatic rings. The van der Waals surface area contributed by atoms with Crippen molar-refractivity contribution in [2.75, 3.05) is 19.6 Å². The molecule has 1 saturated carbocycles. The zero-order valence-corrected chi connectivity index (χ0v) is 12.4. The topological polar surface area (TPSA) is 20.3 Å². The van der Waals surface area contributed by atoms with Crippen molar-refractivity contribution in [2.24, 2.45) is 16.7 Å². The van der Waals surface area contributed by atoms with E-state index in [9.17, 15) is 4.79 Å². The van der Waals surface area contributed by atoms with E-state index in [-0.39, 0.29) is 5.41 Å². The molecule has 0 amide bonds. The van der Waals surface area contributed by atoms with Crippen molar-refractivity contribution >= 4 is 6.29 Å². The minimum absolute atomic E-state index is 0.0366. The third-order valence-electron chi connectivity index (χ3n) is 4.89. The Hall–Kier alpha value is -0.370. The summed E-state index contributed by atoms with van der Waals surface area (Å²) < 4.78 is 0. The third-order valence-corrected chi connectivity index (χ3v) is 4.89. The van der Waals surface area contributed by atoms with Gasteiger partial charge in [0.05, 0.1) is 0 Å². The molecule has 0 aromatic heterocycles. The van der Waals surface area contributed by atoms with Gasteiger partial charge < -0.3 is 9.69 Å². The average molecular weight is 251 g/mol. The van der Waals surface area contributed by atoms with E-state index in [2.05, 4.69) is 25.7 Å². The van der Waals surface area contributed by atoms with Crippen LogP contribution < -0.4 is 0 Å². The van der Waals surface area contributed by atoms with Crippen LogP contribution in [0.4, 0.5) is 0 Å². The molecule has 1 aliphatic heterocycles. The minimum Gasteiger partial charge on any atom is -0.303 e. The molecule has 2 rings (SSSR count). The Morgan fingerprint density at radius 2 is 2.06 bits per heavy atom. The molecule has 2 nitrogen and oxygen atoms in total. The van der Waals surface area contributed by atoms with Crippen LogP contribution in [-0.2, 0) is 4.79 Å². The van der Waals surface area contributed by atoms with Crippen LogP contribution in [0, 0.1) is 16.7 Å². The van der Waals surface area contributed by atoms with Crippen molar-refractivity contribution in [3.63, 3.8) is 0 Å². The van der Waals surface area contributed by atoms with E-state index in [1.807, 2.05) is 0 Å². The fourth-order valence-electron chi connectivity index (χ4n) is 4.11. The molecule has 1 saturated heterocycles. The maximum Gasteiger partial charge on any atom is 0.127 e. The van der Waals surface area contributed by atoms with E-state index in [4.69, 9.17) is 0 Å². The van der Waals surface area contributed by atoms with Crippen LogP contribution in [0.2, 0.25) is 0 Å². The Morgan fingerprint density at radius 3 is 2.67 bits per heavy atom. The lowest BCUT2D eigenvalue weighted by Crippen LogP contribution is -2.47. The predicted octanol–water partition coefficient (Wildman–Crippen LogP) is 3.50. The lowest BCUT2D eigenvalue weighted by atomic mass is 9.70. The molecule has 2 fully saturated rings. The van der Waals surface area contributed by atoms with E-state index >= 15 is 0 Å². The number of aldehydes is 1. The highest BCUT2D eigenvalue weighted by molar-refractivity contribution is 5.60.